The summed E-state index contributed by atoms with van der Waals surface area (Å²) in [4.78, 5) is 19.3. The van der Waals surface area contributed by atoms with Crippen LogP contribution in [0.25, 0.3) is 39.2 Å². The largest absolute Gasteiger partial charge is 0.504 e. The Balaban J connectivity index is 1.69. The molecule has 0 bridgehead atoms. The molecule has 0 unspecified atom stereocenters. The van der Waals surface area contributed by atoms with Gasteiger partial charge in [0.15, 0.2) is 11.5 Å². The summed E-state index contributed by atoms with van der Waals surface area (Å²) in [6.45, 7) is 2.99. The highest BCUT2D eigenvalue weighted by Gasteiger charge is 2.22. The van der Waals surface area contributed by atoms with Gasteiger partial charge in [0.2, 0.25) is 0 Å². The van der Waals surface area contributed by atoms with Crippen molar-refractivity contribution >= 4 is 5.65 Å². The molecule has 0 atom stereocenters. The smallest absolute Gasteiger partial charge is 0.282 e. The fourth-order valence-electron chi connectivity index (χ4n) is 4.33. The Morgan fingerprint density at radius 3 is 2.25 bits per heavy atom. The van der Waals surface area contributed by atoms with E-state index in [1.54, 1.807) is 18.2 Å². The summed E-state index contributed by atoms with van der Waals surface area (Å²) < 4.78 is 7.23. The zero-order valence-electron chi connectivity index (χ0n) is 20.5. The third-order valence-electron chi connectivity index (χ3n) is 6.13. The Labute approximate surface area is 209 Å². The fraction of sp³-hybridized carbons (Fsp3) is 0.172. The molecule has 2 heterocycles. The SMILES string of the molecule is Cc1[nH]c2c(-c3ccccc3)c(-c3ccccc3)nn2c(=O)c1-c1ccc(O)c(OCCN(C)C)c1. The molecule has 7 heteroatoms. The maximum absolute atomic E-state index is 13.8. The highest BCUT2D eigenvalue weighted by molar-refractivity contribution is 5.91. The molecule has 5 rings (SSSR count). The molecule has 0 saturated heterocycles. The molecule has 0 radical (unpaired) electrons. The third kappa shape index (κ3) is 4.36. The van der Waals surface area contributed by atoms with Crippen LogP contribution in [-0.4, -0.2) is 51.9 Å². The second-order valence-corrected chi connectivity index (χ2v) is 8.98. The van der Waals surface area contributed by atoms with Crippen LogP contribution in [0.1, 0.15) is 5.69 Å². The number of phenols is 1. The minimum Gasteiger partial charge on any atom is -0.504 e. The molecule has 5 aromatic rings. The van der Waals surface area contributed by atoms with E-state index in [0.29, 0.717) is 41.4 Å². The molecule has 36 heavy (non-hydrogen) atoms. The monoisotopic (exact) mass is 480 g/mol. The number of nitrogens with one attached hydrogen (secondary N) is 1. The van der Waals surface area contributed by atoms with Crippen molar-refractivity contribution in [3.63, 3.8) is 0 Å². The van der Waals surface area contributed by atoms with Crippen molar-refractivity contribution in [1.82, 2.24) is 19.5 Å². The van der Waals surface area contributed by atoms with Crippen LogP contribution < -0.4 is 10.3 Å². The van der Waals surface area contributed by atoms with Gasteiger partial charge < -0.3 is 19.7 Å². The van der Waals surface area contributed by atoms with E-state index in [1.807, 2.05) is 86.6 Å². The summed E-state index contributed by atoms with van der Waals surface area (Å²) in [5.74, 6) is 0.369. The quantitative estimate of drug-likeness (QED) is 0.343. The molecule has 0 aliphatic carbocycles. The highest BCUT2D eigenvalue weighted by atomic mass is 16.5. The third-order valence-corrected chi connectivity index (χ3v) is 6.13. The molecule has 0 amide bonds. The molecule has 0 aliphatic rings. The van der Waals surface area contributed by atoms with Crippen molar-refractivity contribution in [1.29, 1.82) is 0 Å². The van der Waals surface area contributed by atoms with Gasteiger partial charge in [0.25, 0.3) is 5.56 Å². The first-order valence-electron chi connectivity index (χ1n) is 11.8. The molecule has 2 N–H and O–H groups in total. The number of hydrogen-bond acceptors (Lipinski definition) is 5. The lowest BCUT2D eigenvalue weighted by Gasteiger charge is -2.13. The van der Waals surface area contributed by atoms with Crippen molar-refractivity contribution in [2.24, 2.45) is 0 Å². The Morgan fingerprint density at radius 1 is 0.917 bits per heavy atom. The Hall–Kier alpha value is -4.36. The maximum atomic E-state index is 13.8. The van der Waals surface area contributed by atoms with Crippen LogP contribution in [0, 0.1) is 6.92 Å². The second-order valence-electron chi connectivity index (χ2n) is 8.98. The average Bonchev–Trinajstić information content (AvgIpc) is 3.26. The highest BCUT2D eigenvalue weighted by Crippen LogP contribution is 2.36. The Kier molecular flexibility index (Phi) is 6.31. The van der Waals surface area contributed by atoms with Gasteiger partial charge in [-0.05, 0) is 44.3 Å². The van der Waals surface area contributed by atoms with Crippen molar-refractivity contribution in [2.45, 2.75) is 6.92 Å². The van der Waals surface area contributed by atoms with Crippen LogP contribution in [0.5, 0.6) is 11.5 Å². The van der Waals surface area contributed by atoms with Gasteiger partial charge in [0.05, 0.1) is 11.1 Å². The minimum absolute atomic E-state index is 0.0319. The summed E-state index contributed by atoms with van der Waals surface area (Å²) in [6.07, 6.45) is 0. The van der Waals surface area contributed by atoms with E-state index in [9.17, 15) is 9.90 Å². The van der Waals surface area contributed by atoms with Gasteiger partial charge in [-0.3, -0.25) is 4.79 Å². The van der Waals surface area contributed by atoms with E-state index >= 15 is 0 Å². The summed E-state index contributed by atoms with van der Waals surface area (Å²) >= 11 is 0. The summed E-state index contributed by atoms with van der Waals surface area (Å²) in [7, 11) is 3.91. The second kappa shape index (κ2) is 9.71. The predicted molar refractivity (Wildman–Crippen MR) is 143 cm³/mol. The number of phenolic OH excluding ortho intramolecular Hbond substituents is 1. The lowest BCUT2D eigenvalue weighted by molar-refractivity contribution is 0.252. The first-order valence-corrected chi connectivity index (χ1v) is 11.8. The van der Waals surface area contributed by atoms with Crippen molar-refractivity contribution in [2.75, 3.05) is 27.2 Å². The van der Waals surface area contributed by atoms with E-state index in [0.717, 1.165) is 22.4 Å². The number of nitrogens with zero attached hydrogens (tertiary/aromatic N) is 3. The van der Waals surface area contributed by atoms with Crippen LogP contribution in [0.2, 0.25) is 0 Å². The van der Waals surface area contributed by atoms with E-state index in [-0.39, 0.29) is 11.3 Å². The number of ether oxygens (including phenoxy) is 1. The van der Waals surface area contributed by atoms with Crippen molar-refractivity contribution in [3.05, 3.63) is 94.9 Å². The molecule has 0 aliphatic heterocycles. The van der Waals surface area contributed by atoms with Crippen LogP contribution in [0.3, 0.4) is 0 Å². The summed E-state index contributed by atoms with van der Waals surface area (Å²) in [5, 5.41) is 15.1. The minimum atomic E-state index is -0.245. The Bertz CT molecular complexity index is 1570. The van der Waals surface area contributed by atoms with Gasteiger partial charge in [-0.1, -0.05) is 66.7 Å². The van der Waals surface area contributed by atoms with Gasteiger partial charge >= 0.3 is 0 Å². The molecule has 3 aromatic carbocycles. The van der Waals surface area contributed by atoms with Crippen LogP contribution in [0.15, 0.2) is 83.7 Å². The van der Waals surface area contributed by atoms with E-state index in [1.165, 1.54) is 4.52 Å². The average molecular weight is 481 g/mol. The summed E-state index contributed by atoms with van der Waals surface area (Å²) in [5.41, 5.74) is 5.70. The van der Waals surface area contributed by atoms with Crippen molar-refractivity contribution in [3.8, 4) is 45.0 Å². The first kappa shape index (κ1) is 23.4. The maximum Gasteiger partial charge on any atom is 0.282 e. The number of fused-ring (bicyclic) bond motifs is 1. The van der Waals surface area contributed by atoms with Gasteiger partial charge in [-0.25, -0.2) is 0 Å². The topological polar surface area (TPSA) is 82.9 Å². The standard InChI is InChI=1S/C29H28N4O3/c1-19-25(22-14-15-23(34)24(18-22)36-17-16-32(2)3)29(35)33-28(30-19)26(20-10-6-4-7-11-20)27(31-33)21-12-8-5-9-13-21/h4-15,18,30,34H,16-17H2,1-3H3. The normalized spacial score (nSPS) is 11.3. The number of aromatic nitrogens is 3. The number of aromatic amines is 1. The molecule has 0 fully saturated rings. The van der Waals surface area contributed by atoms with Gasteiger partial charge in [0, 0.05) is 17.8 Å². The zero-order valence-corrected chi connectivity index (χ0v) is 20.5. The number of rotatable bonds is 7. The van der Waals surface area contributed by atoms with Crippen LogP contribution in [0.4, 0.5) is 0 Å². The zero-order chi connectivity index (χ0) is 25.2. The molecule has 0 saturated carbocycles. The van der Waals surface area contributed by atoms with E-state index in [4.69, 9.17) is 9.84 Å². The molecule has 0 spiro atoms. The molecule has 182 valence electrons. The molecule has 7 nitrogen and oxygen atoms in total. The van der Waals surface area contributed by atoms with E-state index < -0.39 is 0 Å². The van der Waals surface area contributed by atoms with E-state index in [2.05, 4.69) is 4.98 Å². The molecular weight excluding hydrogens is 452 g/mol. The van der Waals surface area contributed by atoms with Gasteiger partial charge in [0.1, 0.15) is 17.9 Å². The first-order chi connectivity index (χ1) is 17.4. The lowest BCUT2D eigenvalue weighted by atomic mass is 10.0. The lowest BCUT2D eigenvalue weighted by Crippen LogP contribution is -2.20. The van der Waals surface area contributed by atoms with Gasteiger partial charge in [-0.2, -0.15) is 9.61 Å². The fourth-order valence-corrected chi connectivity index (χ4v) is 4.33. The number of hydrogen-bond donors (Lipinski definition) is 2. The molecule has 2 aromatic heterocycles. The predicted octanol–water partition coefficient (Wildman–Crippen LogP) is 4.98. The number of H-pyrrole nitrogens is 1. The number of aryl methyl sites for hydroxylation is 1. The molecular formula is C29H28N4O3. The number of benzene rings is 3. The van der Waals surface area contributed by atoms with Crippen LogP contribution in [-0.2, 0) is 0 Å². The number of aromatic hydroxyl groups is 1. The van der Waals surface area contributed by atoms with Gasteiger partial charge in [-0.15, -0.1) is 0 Å². The van der Waals surface area contributed by atoms with Crippen molar-refractivity contribution < 1.29 is 9.84 Å². The number of likely N-dealkylation sites (N-methyl/N-ethyl adjacent to an activating group) is 1. The Morgan fingerprint density at radius 2 is 1.58 bits per heavy atom. The summed E-state index contributed by atoms with van der Waals surface area (Å²) in [6, 6.07) is 24.8. The van der Waals surface area contributed by atoms with Crippen LogP contribution >= 0.6 is 0 Å².